The molecule has 0 aliphatic carbocycles. The van der Waals surface area contributed by atoms with Gasteiger partial charge in [-0.05, 0) is 50.9 Å². The Hall–Kier alpha value is -1.62. The molecule has 2 saturated heterocycles. The normalized spacial score (nSPS) is 22.0. The van der Waals surface area contributed by atoms with E-state index in [2.05, 4.69) is 15.2 Å². The quantitative estimate of drug-likeness (QED) is 0.909. The molecular weight excluding hydrogens is 264 g/mol. The fourth-order valence-electron chi connectivity index (χ4n) is 3.30. The molecule has 5 heteroatoms. The molecular formula is C16H24N4O. The molecule has 0 spiro atoms. The average molecular weight is 288 g/mol. The number of carbonyl (C=O) groups excluding carboxylic acids is 1. The molecule has 2 aliphatic heterocycles. The Balaban J connectivity index is 1.62. The van der Waals surface area contributed by atoms with Crippen molar-refractivity contribution in [3.8, 4) is 0 Å². The Morgan fingerprint density at radius 1 is 1.33 bits per heavy atom. The fourth-order valence-corrected chi connectivity index (χ4v) is 3.30. The van der Waals surface area contributed by atoms with Crippen LogP contribution in [-0.4, -0.2) is 55.6 Å². The Bertz CT molecular complexity index is 482. The van der Waals surface area contributed by atoms with Crippen molar-refractivity contribution >= 4 is 11.7 Å². The summed E-state index contributed by atoms with van der Waals surface area (Å²) in [5, 5.41) is 3.19. The van der Waals surface area contributed by atoms with Gasteiger partial charge in [-0.2, -0.15) is 0 Å². The maximum Gasteiger partial charge on any atom is 0.255 e. The van der Waals surface area contributed by atoms with Gasteiger partial charge in [0.1, 0.15) is 5.82 Å². The molecule has 1 aromatic heterocycles. The molecule has 3 rings (SSSR count). The van der Waals surface area contributed by atoms with Crippen molar-refractivity contribution in [2.45, 2.75) is 19.3 Å². The van der Waals surface area contributed by atoms with Crippen LogP contribution >= 0.6 is 0 Å². The minimum absolute atomic E-state index is 0.120. The van der Waals surface area contributed by atoms with Gasteiger partial charge in [-0.25, -0.2) is 4.98 Å². The van der Waals surface area contributed by atoms with Crippen LogP contribution in [0.1, 0.15) is 29.6 Å². The Morgan fingerprint density at radius 3 is 2.81 bits per heavy atom. The topological polar surface area (TPSA) is 48.5 Å². The minimum Gasteiger partial charge on any atom is -0.357 e. The molecule has 0 unspecified atom stereocenters. The van der Waals surface area contributed by atoms with Crippen molar-refractivity contribution < 1.29 is 4.79 Å². The summed E-state index contributed by atoms with van der Waals surface area (Å²) < 4.78 is 0. The fraction of sp³-hybridized carbons (Fsp3) is 0.625. The van der Waals surface area contributed by atoms with Crippen molar-refractivity contribution in [3.63, 3.8) is 0 Å². The molecule has 2 aliphatic rings. The van der Waals surface area contributed by atoms with Crippen LogP contribution in [0.4, 0.5) is 5.82 Å². The summed E-state index contributed by atoms with van der Waals surface area (Å²) in [4.78, 5) is 21.2. The second-order valence-corrected chi connectivity index (χ2v) is 6.06. The lowest BCUT2D eigenvalue weighted by Crippen LogP contribution is -2.30. The Labute approximate surface area is 126 Å². The highest BCUT2D eigenvalue weighted by molar-refractivity contribution is 5.94. The first kappa shape index (κ1) is 14.3. The van der Waals surface area contributed by atoms with Crippen molar-refractivity contribution in [3.05, 3.63) is 23.9 Å². The molecule has 0 radical (unpaired) electrons. The van der Waals surface area contributed by atoms with Crippen LogP contribution < -0.4 is 10.2 Å². The van der Waals surface area contributed by atoms with Crippen LogP contribution in [0.3, 0.4) is 0 Å². The maximum atomic E-state index is 12.5. The number of nitrogens with one attached hydrogen (secondary N) is 1. The third-order valence-corrected chi connectivity index (χ3v) is 4.49. The largest absolute Gasteiger partial charge is 0.357 e. The zero-order valence-corrected chi connectivity index (χ0v) is 12.7. The number of anilines is 1. The van der Waals surface area contributed by atoms with Gasteiger partial charge >= 0.3 is 0 Å². The van der Waals surface area contributed by atoms with E-state index in [1.807, 2.05) is 24.1 Å². The summed E-state index contributed by atoms with van der Waals surface area (Å²) in [6.07, 6.45) is 5.30. The predicted octanol–water partition coefficient (Wildman–Crippen LogP) is 1.36. The van der Waals surface area contributed by atoms with E-state index in [1.165, 1.54) is 12.8 Å². The van der Waals surface area contributed by atoms with E-state index in [0.717, 1.165) is 45.0 Å². The number of carbonyl (C=O) groups is 1. The van der Waals surface area contributed by atoms with E-state index in [-0.39, 0.29) is 5.91 Å². The first-order chi connectivity index (χ1) is 10.3. The average Bonchev–Trinajstić information content (AvgIpc) is 3.19. The minimum atomic E-state index is 0.120. The van der Waals surface area contributed by atoms with Crippen LogP contribution in [0.15, 0.2) is 18.3 Å². The molecule has 5 nitrogen and oxygen atoms in total. The van der Waals surface area contributed by atoms with E-state index >= 15 is 0 Å². The second kappa shape index (κ2) is 6.43. The summed E-state index contributed by atoms with van der Waals surface area (Å²) in [5.74, 6) is 1.70. The standard InChI is InChI=1S/C16H24N4O/c1-17-10-13-6-9-20(12-13)16(21)14-4-5-15(18-11-14)19-7-2-3-8-19/h4-5,11,13,17H,2-3,6-10,12H2,1H3/t13-/m0/s1. The van der Waals surface area contributed by atoms with E-state index < -0.39 is 0 Å². The number of rotatable bonds is 4. The first-order valence-electron chi connectivity index (χ1n) is 7.93. The van der Waals surface area contributed by atoms with Gasteiger partial charge in [0.25, 0.3) is 5.91 Å². The number of nitrogens with zero attached hydrogens (tertiary/aromatic N) is 3. The molecule has 1 aromatic rings. The Morgan fingerprint density at radius 2 is 2.14 bits per heavy atom. The van der Waals surface area contributed by atoms with Crippen LogP contribution in [0, 0.1) is 5.92 Å². The van der Waals surface area contributed by atoms with Gasteiger partial charge in [0, 0.05) is 32.4 Å². The van der Waals surface area contributed by atoms with Gasteiger partial charge < -0.3 is 15.1 Å². The summed E-state index contributed by atoms with van der Waals surface area (Å²) in [5.41, 5.74) is 0.711. The smallest absolute Gasteiger partial charge is 0.255 e. The van der Waals surface area contributed by atoms with E-state index in [0.29, 0.717) is 11.5 Å². The van der Waals surface area contributed by atoms with Gasteiger partial charge in [0.05, 0.1) is 5.56 Å². The van der Waals surface area contributed by atoms with Crippen LogP contribution in [0.2, 0.25) is 0 Å². The highest BCUT2D eigenvalue weighted by Crippen LogP contribution is 2.20. The molecule has 0 saturated carbocycles. The molecule has 21 heavy (non-hydrogen) atoms. The van der Waals surface area contributed by atoms with Crippen molar-refractivity contribution in [2.75, 3.05) is 44.7 Å². The van der Waals surface area contributed by atoms with Crippen LogP contribution in [0.25, 0.3) is 0 Å². The lowest BCUT2D eigenvalue weighted by Gasteiger charge is -2.18. The number of hydrogen-bond donors (Lipinski definition) is 1. The lowest BCUT2D eigenvalue weighted by molar-refractivity contribution is 0.0787. The van der Waals surface area contributed by atoms with Gasteiger partial charge in [-0.3, -0.25) is 4.79 Å². The number of amides is 1. The first-order valence-corrected chi connectivity index (χ1v) is 7.93. The number of likely N-dealkylation sites (tertiary alicyclic amines) is 1. The zero-order valence-electron chi connectivity index (χ0n) is 12.7. The van der Waals surface area contributed by atoms with E-state index in [1.54, 1.807) is 6.20 Å². The lowest BCUT2D eigenvalue weighted by atomic mass is 10.1. The van der Waals surface area contributed by atoms with Crippen LogP contribution in [0.5, 0.6) is 0 Å². The van der Waals surface area contributed by atoms with Gasteiger partial charge in [0.15, 0.2) is 0 Å². The highest BCUT2D eigenvalue weighted by Gasteiger charge is 2.26. The van der Waals surface area contributed by atoms with Crippen LogP contribution in [-0.2, 0) is 0 Å². The van der Waals surface area contributed by atoms with Crippen molar-refractivity contribution in [1.82, 2.24) is 15.2 Å². The molecule has 2 fully saturated rings. The summed E-state index contributed by atoms with van der Waals surface area (Å²) in [7, 11) is 1.96. The number of aromatic nitrogens is 1. The second-order valence-electron chi connectivity index (χ2n) is 6.06. The molecule has 1 amide bonds. The maximum absolute atomic E-state index is 12.5. The summed E-state index contributed by atoms with van der Waals surface area (Å²) in [6.45, 7) is 4.86. The number of pyridine rings is 1. The Kier molecular flexibility index (Phi) is 4.39. The molecule has 1 N–H and O–H groups in total. The molecule has 3 heterocycles. The van der Waals surface area contributed by atoms with Crippen molar-refractivity contribution in [1.29, 1.82) is 0 Å². The molecule has 114 valence electrons. The van der Waals surface area contributed by atoms with Gasteiger partial charge in [-0.1, -0.05) is 0 Å². The third kappa shape index (κ3) is 3.18. The van der Waals surface area contributed by atoms with E-state index in [9.17, 15) is 4.79 Å². The van der Waals surface area contributed by atoms with Gasteiger partial charge in [0.2, 0.25) is 0 Å². The molecule has 0 bridgehead atoms. The monoisotopic (exact) mass is 288 g/mol. The summed E-state index contributed by atoms with van der Waals surface area (Å²) in [6, 6.07) is 3.91. The van der Waals surface area contributed by atoms with Crippen molar-refractivity contribution in [2.24, 2.45) is 5.92 Å². The highest BCUT2D eigenvalue weighted by atomic mass is 16.2. The molecule has 0 aromatic carbocycles. The molecule has 1 atom stereocenters. The summed E-state index contributed by atoms with van der Waals surface area (Å²) >= 11 is 0. The predicted molar refractivity (Wildman–Crippen MR) is 83.6 cm³/mol. The number of hydrogen-bond acceptors (Lipinski definition) is 4. The SMILES string of the molecule is CNC[C@@H]1CCN(C(=O)c2ccc(N3CCCC3)nc2)C1. The zero-order chi connectivity index (χ0) is 14.7. The van der Waals surface area contributed by atoms with Gasteiger partial charge in [-0.15, -0.1) is 0 Å². The third-order valence-electron chi connectivity index (χ3n) is 4.49. The van der Waals surface area contributed by atoms with E-state index in [4.69, 9.17) is 0 Å².